The molecule has 0 aliphatic carbocycles. The summed E-state index contributed by atoms with van der Waals surface area (Å²) in [7, 11) is 0. The highest BCUT2D eigenvalue weighted by Gasteiger charge is 2.26. The van der Waals surface area contributed by atoms with Crippen LogP contribution in [0.2, 0.25) is 0 Å². The van der Waals surface area contributed by atoms with E-state index in [1.165, 1.54) is 5.69 Å². The molecule has 1 saturated heterocycles. The molecule has 3 rings (SSSR count). The Labute approximate surface area is 167 Å². The molecule has 2 aromatic rings. The first-order valence-electron chi connectivity index (χ1n) is 9.96. The van der Waals surface area contributed by atoms with Crippen molar-refractivity contribution in [1.82, 2.24) is 9.80 Å². The maximum absolute atomic E-state index is 12.8. The van der Waals surface area contributed by atoms with Crippen molar-refractivity contribution in [1.29, 1.82) is 0 Å². The summed E-state index contributed by atoms with van der Waals surface area (Å²) in [6, 6.07) is 20.2. The van der Waals surface area contributed by atoms with Crippen molar-refractivity contribution in [3.05, 3.63) is 66.2 Å². The van der Waals surface area contributed by atoms with Crippen LogP contribution in [0.5, 0.6) is 0 Å². The summed E-state index contributed by atoms with van der Waals surface area (Å²) < 4.78 is 0. The average molecular weight is 380 g/mol. The number of piperazine rings is 1. The van der Waals surface area contributed by atoms with Crippen LogP contribution in [0.15, 0.2) is 60.7 Å². The molecule has 5 nitrogen and oxygen atoms in total. The third-order valence-corrected chi connectivity index (χ3v) is 5.20. The molecule has 0 radical (unpaired) electrons. The van der Waals surface area contributed by atoms with Gasteiger partial charge in [0.05, 0.1) is 0 Å². The van der Waals surface area contributed by atoms with E-state index in [0.29, 0.717) is 19.6 Å². The molecule has 0 N–H and O–H groups in total. The number of carbonyl (C=O) groups is 2. The van der Waals surface area contributed by atoms with E-state index in [9.17, 15) is 9.59 Å². The van der Waals surface area contributed by atoms with Gasteiger partial charge in [-0.15, -0.1) is 0 Å². The standard InChI is InChI=1S/C23H29N3O2/c1-19(2)26(18-20-9-5-3-6-10-20)23(28)17-22(27)25-15-13-24(14-16-25)21-11-7-4-8-12-21/h3-12,19H,13-18H2,1-2H3. The lowest BCUT2D eigenvalue weighted by Crippen LogP contribution is -2.50. The third-order valence-electron chi connectivity index (χ3n) is 5.20. The Balaban J connectivity index is 1.54. The number of hydrogen-bond donors (Lipinski definition) is 0. The van der Waals surface area contributed by atoms with Crippen molar-refractivity contribution < 1.29 is 9.59 Å². The Morgan fingerprint density at radius 2 is 1.46 bits per heavy atom. The normalized spacial score (nSPS) is 14.2. The molecule has 2 amide bonds. The van der Waals surface area contributed by atoms with Crippen LogP contribution in [-0.2, 0) is 16.1 Å². The summed E-state index contributed by atoms with van der Waals surface area (Å²) >= 11 is 0. The molecule has 1 fully saturated rings. The molecule has 28 heavy (non-hydrogen) atoms. The maximum Gasteiger partial charge on any atom is 0.232 e. The number of amides is 2. The molecule has 0 unspecified atom stereocenters. The fraction of sp³-hybridized carbons (Fsp3) is 0.391. The minimum absolute atomic E-state index is 0.0513. The predicted molar refractivity (Wildman–Crippen MR) is 112 cm³/mol. The summed E-state index contributed by atoms with van der Waals surface area (Å²) in [4.78, 5) is 31.4. The van der Waals surface area contributed by atoms with Gasteiger partial charge in [0.2, 0.25) is 11.8 Å². The van der Waals surface area contributed by atoms with Crippen molar-refractivity contribution in [2.75, 3.05) is 31.1 Å². The van der Waals surface area contributed by atoms with Gasteiger partial charge in [-0.1, -0.05) is 48.5 Å². The van der Waals surface area contributed by atoms with Crippen LogP contribution >= 0.6 is 0 Å². The molecule has 2 aromatic carbocycles. The summed E-state index contributed by atoms with van der Waals surface area (Å²) in [6.45, 7) is 7.41. The lowest BCUT2D eigenvalue weighted by molar-refractivity contribution is -0.142. The largest absolute Gasteiger partial charge is 0.368 e. The highest BCUT2D eigenvalue weighted by molar-refractivity contribution is 5.97. The lowest BCUT2D eigenvalue weighted by atomic mass is 10.1. The quantitative estimate of drug-likeness (QED) is 0.724. The van der Waals surface area contributed by atoms with E-state index < -0.39 is 0 Å². The van der Waals surface area contributed by atoms with Crippen molar-refractivity contribution in [2.24, 2.45) is 0 Å². The Bertz CT molecular complexity index is 769. The molecule has 1 aliphatic heterocycles. The summed E-state index contributed by atoms with van der Waals surface area (Å²) in [6.07, 6.45) is -0.0592. The summed E-state index contributed by atoms with van der Waals surface area (Å²) in [5.41, 5.74) is 2.26. The third kappa shape index (κ3) is 5.12. The Kier molecular flexibility index (Phi) is 6.69. The van der Waals surface area contributed by atoms with Crippen molar-refractivity contribution in [3.63, 3.8) is 0 Å². The number of nitrogens with zero attached hydrogens (tertiary/aromatic N) is 3. The monoisotopic (exact) mass is 379 g/mol. The van der Waals surface area contributed by atoms with Crippen molar-refractivity contribution in [3.8, 4) is 0 Å². The molecule has 148 valence electrons. The Morgan fingerprint density at radius 1 is 0.893 bits per heavy atom. The molecule has 0 atom stereocenters. The zero-order valence-electron chi connectivity index (χ0n) is 16.8. The minimum Gasteiger partial charge on any atom is -0.368 e. The molecule has 1 aliphatic rings. The van der Waals surface area contributed by atoms with Crippen molar-refractivity contribution >= 4 is 17.5 Å². The first kappa shape index (κ1) is 19.9. The summed E-state index contributed by atoms with van der Waals surface area (Å²) in [5.74, 6) is -0.175. The lowest BCUT2D eigenvalue weighted by Gasteiger charge is -2.36. The summed E-state index contributed by atoms with van der Waals surface area (Å²) in [5, 5.41) is 0. The first-order valence-corrected chi connectivity index (χ1v) is 9.96. The van der Waals surface area contributed by atoms with E-state index in [4.69, 9.17) is 0 Å². The van der Waals surface area contributed by atoms with Crippen LogP contribution in [0.4, 0.5) is 5.69 Å². The van der Waals surface area contributed by atoms with Gasteiger partial charge in [0.1, 0.15) is 6.42 Å². The highest BCUT2D eigenvalue weighted by atomic mass is 16.2. The zero-order chi connectivity index (χ0) is 19.9. The van der Waals surface area contributed by atoms with Gasteiger partial charge in [0.25, 0.3) is 0 Å². The van der Waals surface area contributed by atoms with Gasteiger partial charge in [-0.25, -0.2) is 0 Å². The average Bonchev–Trinajstić information content (AvgIpc) is 2.73. The molecular formula is C23H29N3O2. The van der Waals surface area contributed by atoms with Gasteiger partial charge >= 0.3 is 0 Å². The molecule has 1 heterocycles. The first-order chi connectivity index (χ1) is 13.5. The van der Waals surface area contributed by atoms with Crippen LogP contribution in [0, 0.1) is 0 Å². The van der Waals surface area contributed by atoms with E-state index >= 15 is 0 Å². The smallest absolute Gasteiger partial charge is 0.232 e. The molecule has 0 aromatic heterocycles. The fourth-order valence-electron chi connectivity index (χ4n) is 3.53. The van der Waals surface area contributed by atoms with Crippen LogP contribution in [0.3, 0.4) is 0 Å². The molecule has 0 spiro atoms. The second-order valence-electron chi connectivity index (χ2n) is 7.48. The van der Waals surface area contributed by atoms with E-state index in [1.54, 1.807) is 4.90 Å². The van der Waals surface area contributed by atoms with E-state index in [1.807, 2.05) is 67.3 Å². The topological polar surface area (TPSA) is 43.9 Å². The number of anilines is 1. The van der Waals surface area contributed by atoms with Crippen LogP contribution in [0.25, 0.3) is 0 Å². The molecule has 0 saturated carbocycles. The second kappa shape index (κ2) is 9.40. The molecule has 0 bridgehead atoms. The van der Waals surface area contributed by atoms with Crippen molar-refractivity contribution in [2.45, 2.75) is 32.9 Å². The molecular weight excluding hydrogens is 350 g/mol. The predicted octanol–water partition coefficient (Wildman–Crippen LogP) is 3.16. The number of para-hydroxylation sites is 1. The number of rotatable bonds is 6. The fourth-order valence-corrected chi connectivity index (χ4v) is 3.53. The Morgan fingerprint density at radius 3 is 2.04 bits per heavy atom. The highest BCUT2D eigenvalue weighted by Crippen LogP contribution is 2.16. The van der Waals surface area contributed by atoms with Crippen LogP contribution in [-0.4, -0.2) is 53.8 Å². The number of carbonyl (C=O) groups excluding carboxylic acids is 2. The second-order valence-corrected chi connectivity index (χ2v) is 7.48. The number of hydrogen-bond acceptors (Lipinski definition) is 3. The maximum atomic E-state index is 12.8. The van der Waals surface area contributed by atoms with Crippen LogP contribution in [0.1, 0.15) is 25.8 Å². The zero-order valence-corrected chi connectivity index (χ0v) is 16.8. The molecule has 5 heteroatoms. The van der Waals surface area contributed by atoms with Gasteiger partial charge < -0.3 is 14.7 Å². The van der Waals surface area contributed by atoms with E-state index in [0.717, 1.165) is 18.7 Å². The van der Waals surface area contributed by atoms with Gasteiger partial charge in [-0.3, -0.25) is 9.59 Å². The van der Waals surface area contributed by atoms with Crippen LogP contribution < -0.4 is 4.90 Å². The van der Waals surface area contributed by atoms with E-state index in [2.05, 4.69) is 17.0 Å². The van der Waals surface area contributed by atoms with Gasteiger partial charge in [-0.2, -0.15) is 0 Å². The van der Waals surface area contributed by atoms with E-state index in [-0.39, 0.29) is 24.3 Å². The van der Waals surface area contributed by atoms with Gasteiger partial charge in [0, 0.05) is 44.5 Å². The minimum atomic E-state index is -0.102. The Hall–Kier alpha value is -2.82. The van der Waals surface area contributed by atoms with Gasteiger partial charge in [0.15, 0.2) is 0 Å². The number of benzene rings is 2. The van der Waals surface area contributed by atoms with Gasteiger partial charge in [-0.05, 0) is 31.5 Å². The SMILES string of the molecule is CC(C)N(Cc1ccccc1)C(=O)CC(=O)N1CCN(c2ccccc2)CC1.